The zero-order valence-corrected chi connectivity index (χ0v) is 11.4. The van der Waals surface area contributed by atoms with E-state index in [-0.39, 0.29) is 0 Å². The summed E-state index contributed by atoms with van der Waals surface area (Å²) >= 11 is 4.99. The topological polar surface area (TPSA) is 29.5 Å². The standard InChI is InChI=1S/C11H17NO2S2/c1-10-4-6-11(7-5-10)16(13,15)14-9-8-12(2)3/h4-7H,8-9H2,1-3H3. The monoisotopic (exact) mass is 259 g/mol. The van der Waals surface area contributed by atoms with Crippen LogP contribution < -0.4 is 0 Å². The van der Waals surface area contributed by atoms with E-state index in [0.29, 0.717) is 18.0 Å². The molecule has 1 unspecified atom stereocenters. The molecule has 1 aromatic rings. The van der Waals surface area contributed by atoms with Crippen LogP contribution in [0.1, 0.15) is 5.56 Å². The molecular formula is C11H17NO2S2. The van der Waals surface area contributed by atoms with E-state index in [1.165, 1.54) is 0 Å². The van der Waals surface area contributed by atoms with Gasteiger partial charge in [-0.25, -0.2) is 4.21 Å². The number of benzene rings is 1. The first-order valence-electron chi connectivity index (χ1n) is 5.02. The highest BCUT2D eigenvalue weighted by molar-refractivity contribution is 8.30. The van der Waals surface area contributed by atoms with Gasteiger partial charge in [0.1, 0.15) is 0 Å². The van der Waals surface area contributed by atoms with Crippen LogP contribution in [0.15, 0.2) is 29.2 Å². The summed E-state index contributed by atoms with van der Waals surface area (Å²) in [4.78, 5) is 2.53. The Morgan fingerprint density at radius 2 is 1.88 bits per heavy atom. The number of rotatable bonds is 5. The molecule has 3 nitrogen and oxygen atoms in total. The third-order valence-corrected chi connectivity index (χ3v) is 4.28. The molecule has 0 aliphatic carbocycles. The Morgan fingerprint density at radius 3 is 2.38 bits per heavy atom. The fraction of sp³-hybridized carbons (Fsp3) is 0.455. The molecule has 1 atom stereocenters. The van der Waals surface area contributed by atoms with Crippen LogP contribution in [0.3, 0.4) is 0 Å². The van der Waals surface area contributed by atoms with Crippen LogP contribution in [0.5, 0.6) is 0 Å². The molecular weight excluding hydrogens is 242 g/mol. The molecule has 5 heteroatoms. The fourth-order valence-electron chi connectivity index (χ4n) is 1.10. The Bertz CT molecular complexity index is 424. The van der Waals surface area contributed by atoms with Crippen LogP contribution in [0.4, 0.5) is 0 Å². The maximum Gasteiger partial charge on any atom is 0.173 e. The van der Waals surface area contributed by atoms with Crippen molar-refractivity contribution in [2.24, 2.45) is 0 Å². The molecule has 90 valence electrons. The van der Waals surface area contributed by atoms with Crippen molar-refractivity contribution in [2.45, 2.75) is 11.8 Å². The quantitative estimate of drug-likeness (QED) is 0.803. The lowest BCUT2D eigenvalue weighted by Crippen LogP contribution is -2.20. The lowest BCUT2D eigenvalue weighted by Gasteiger charge is -2.12. The maximum absolute atomic E-state index is 12.1. The summed E-state index contributed by atoms with van der Waals surface area (Å²) in [6, 6.07) is 7.30. The van der Waals surface area contributed by atoms with Gasteiger partial charge in [-0.1, -0.05) is 17.7 Å². The van der Waals surface area contributed by atoms with Gasteiger partial charge in [-0.2, -0.15) is 0 Å². The summed E-state index contributed by atoms with van der Waals surface area (Å²) in [5.41, 5.74) is 1.11. The van der Waals surface area contributed by atoms with Crippen molar-refractivity contribution < 1.29 is 8.39 Å². The van der Waals surface area contributed by atoms with Gasteiger partial charge in [-0.05, 0) is 33.2 Å². The first-order valence-corrected chi connectivity index (χ1v) is 7.43. The predicted octanol–water partition coefficient (Wildman–Crippen LogP) is 1.59. The summed E-state index contributed by atoms with van der Waals surface area (Å²) in [5, 5.41) is 0. The third-order valence-electron chi connectivity index (χ3n) is 2.09. The first-order chi connectivity index (χ1) is 7.42. The minimum Gasteiger partial charge on any atom is -0.307 e. The summed E-state index contributed by atoms with van der Waals surface area (Å²) in [5.74, 6) is 0. The zero-order valence-electron chi connectivity index (χ0n) is 9.80. The highest BCUT2D eigenvalue weighted by atomic mass is 32.8. The van der Waals surface area contributed by atoms with E-state index in [1.807, 2.05) is 38.1 Å². The molecule has 0 saturated carbocycles. The van der Waals surface area contributed by atoms with Gasteiger partial charge in [0.15, 0.2) is 8.77 Å². The molecule has 16 heavy (non-hydrogen) atoms. The molecule has 0 aromatic heterocycles. The van der Waals surface area contributed by atoms with Gasteiger partial charge >= 0.3 is 0 Å². The lowest BCUT2D eigenvalue weighted by atomic mass is 10.2. The molecule has 0 heterocycles. The molecule has 0 saturated heterocycles. The molecule has 0 amide bonds. The fourth-order valence-corrected chi connectivity index (χ4v) is 2.54. The Labute approximate surface area is 102 Å². The number of likely N-dealkylation sites (N-methyl/N-ethyl adjacent to an activating group) is 1. The van der Waals surface area contributed by atoms with Crippen molar-refractivity contribution in [1.29, 1.82) is 0 Å². The van der Waals surface area contributed by atoms with E-state index in [4.69, 9.17) is 15.4 Å². The second-order valence-electron chi connectivity index (χ2n) is 3.89. The Kier molecular flexibility index (Phi) is 4.86. The molecule has 1 rings (SSSR count). The van der Waals surface area contributed by atoms with Crippen molar-refractivity contribution in [1.82, 2.24) is 4.90 Å². The van der Waals surface area contributed by atoms with Crippen LogP contribution in [-0.2, 0) is 24.1 Å². The zero-order chi connectivity index (χ0) is 12.2. The van der Waals surface area contributed by atoms with Crippen molar-refractivity contribution in [3.05, 3.63) is 29.8 Å². The van der Waals surface area contributed by atoms with Crippen LogP contribution in [0.2, 0.25) is 0 Å². The Morgan fingerprint density at radius 1 is 1.31 bits per heavy atom. The molecule has 0 bridgehead atoms. The molecule has 1 aromatic carbocycles. The van der Waals surface area contributed by atoms with Crippen molar-refractivity contribution >= 4 is 20.0 Å². The average molecular weight is 259 g/mol. The molecule has 0 radical (unpaired) electrons. The van der Waals surface area contributed by atoms with Crippen LogP contribution in [-0.4, -0.2) is 36.4 Å². The summed E-state index contributed by atoms with van der Waals surface area (Å²) < 4.78 is 17.3. The van der Waals surface area contributed by atoms with E-state index in [9.17, 15) is 4.21 Å². The van der Waals surface area contributed by atoms with Gasteiger partial charge in [0.05, 0.1) is 11.5 Å². The first kappa shape index (κ1) is 13.6. The third kappa shape index (κ3) is 4.17. The largest absolute Gasteiger partial charge is 0.307 e. The van der Waals surface area contributed by atoms with Gasteiger partial charge in [0.25, 0.3) is 0 Å². The van der Waals surface area contributed by atoms with Gasteiger partial charge in [0.2, 0.25) is 0 Å². The van der Waals surface area contributed by atoms with E-state index in [0.717, 1.165) is 5.56 Å². The Balaban J connectivity index is 2.67. The van der Waals surface area contributed by atoms with E-state index in [2.05, 4.69) is 0 Å². The van der Waals surface area contributed by atoms with Crippen molar-refractivity contribution in [3.63, 3.8) is 0 Å². The number of nitrogens with zero attached hydrogens (tertiary/aromatic N) is 1. The highest BCUT2D eigenvalue weighted by Crippen LogP contribution is 2.13. The van der Waals surface area contributed by atoms with Crippen molar-refractivity contribution in [2.75, 3.05) is 27.2 Å². The van der Waals surface area contributed by atoms with Crippen LogP contribution >= 0.6 is 0 Å². The SMILES string of the molecule is Cc1ccc(S(=O)(=S)OCCN(C)C)cc1. The van der Waals surface area contributed by atoms with Gasteiger partial charge in [-0.3, -0.25) is 4.18 Å². The number of hydrogen-bond donors (Lipinski definition) is 0. The van der Waals surface area contributed by atoms with Gasteiger partial charge < -0.3 is 4.90 Å². The van der Waals surface area contributed by atoms with Crippen LogP contribution in [0.25, 0.3) is 0 Å². The average Bonchev–Trinajstić information content (AvgIpc) is 2.17. The van der Waals surface area contributed by atoms with E-state index < -0.39 is 8.77 Å². The summed E-state index contributed by atoms with van der Waals surface area (Å²) in [6.45, 7) is 3.06. The summed E-state index contributed by atoms with van der Waals surface area (Å²) in [6.07, 6.45) is 0. The van der Waals surface area contributed by atoms with Crippen molar-refractivity contribution in [3.8, 4) is 0 Å². The molecule has 0 N–H and O–H groups in total. The molecule has 0 spiro atoms. The van der Waals surface area contributed by atoms with Gasteiger partial charge in [-0.15, -0.1) is 0 Å². The molecule has 0 aliphatic rings. The number of hydrogen-bond acceptors (Lipinski definition) is 4. The number of aryl methyl sites for hydroxylation is 1. The highest BCUT2D eigenvalue weighted by Gasteiger charge is 2.10. The second-order valence-corrected chi connectivity index (χ2v) is 6.82. The van der Waals surface area contributed by atoms with E-state index in [1.54, 1.807) is 12.1 Å². The second kappa shape index (κ2) is 5.72. The van der Waals surface area contributed by atoms with E-state index >= 15 is 0 Å². The predicted molar refractivity (Wildman–Crippen MR) is 69.5 cm³/mol. The lowest BCUT2D eigenvalue weighted by molar-refractivity contribution is 0.279. The van der Waals surface area contributed by atoms with Crippen LogP contribution in [0, 0.1) is 6.92 Å². The minimum absolute atomic E-state index is 0.378. The smallest absolute Gasteiger partial charge is 0.173 e. The normalized spacial score (nSPS) is 15.0. The summed E-state index contributed by atoms with van der Waals surface area (Å²) in [7, 11) is 1.10. The molecule has 0 fully saturated rings. The van der Waals surface area contributed by atoms with Gasteiger partial charge in [0, 0.05) is 17.7 Å². The maximum atomic E-state index is 12.1. The Hall–Kier alpha value is -0.490. The minimum atomic E-state index is -2.77. The molecule has 0 aliphatic heterocycles.